The smallest absolute Gasteiger partial charge is 0.370 e. The van der Waals surface area contributed by atoms with Gasteiger partial charge in [-0.15, -0.1) is 0 Å². The minimum atomic E-state index is -1.83. The van der Waals surface area contributed by atoms with Crippen LogP contribution in [0.2, 0.25) is 0 Å². The highest BCUT2D eigenvalue weighted by Crippen LogP contribution is 2.06. The van der Waals surface area contributed by atoms with Crippen LogP contribution in [-0.4, -0.2) is 48.0 Å². The molecule has 0 heterocycles. The fraction of sp³-hybridized carbons (Fsp3) is 0.714. The summed E-state index contributed by atoms with van der Waals surface area (Å²) in [4.78, 5) is 26.7. The van der Waals surface area contributed by atoms with Crippen LogP contribution in [0.1, 0.15) is 6.92 Å². The Hall–Kier alpha value is -1.22. The van der Waals surface area contributed by atoms with Gasteiger partial charge in [0.15, 0.2) is 0 Å². The van der Waals surface area contributed by atoms with E-state index >= 15 is 0 Å². The van der Waals surface area contributed by atoms with Gasteiger partial charge in [0.1, 0.15) is 6.23 Å². The Labute approximate surface area is 86.7 Å². The van der Waals surface area contributed by atoms with Crippen molar-refractivity contribution in [1.82, 2.24) is 4.90 Å². The first-order valence-corrected chi connectivity index (χ1v) is 4.12. The molecule has 0 rings (SSSR count). The van der Waals surface area contributed by atoms with E-state index in [0.717, 1.165) is 4.90 Å². The number of nitrogens with two attached hydrogens (primary N) is 2. The van der Waals surface area contributed by atoms with Crippen LogP contribution in [0.25, 0.3) is 0 Å². The molecule has 0 radical (unpaired) electrons. The van der Waals surface area contributed by atoms with E-state index in [1.54, 1.807) is 0 Å². The van der Waals surface area contributed by atoms with Crippen molar-refractivity contribution >= 4 is 11.9 Å². The molecule has 0 bridgehead atoms. The zero-order valence-electron chi connectivity index (χ0n) is 8.54. The van der Waals surface area contributed by atoms with Gasteiger partial charge in [0.25, 0.3) is 0 Å². The molecule has 8 heteroatoms. The molecule has 0 aliphatic carbocycles. The lowest BCUT2D eigenvalue weighted by molar-refractivity contribution is -0.184. The summed E-state index contributed by atoms with van der Waals surface area (Å²) < 4.78 is 4.79. The lowest BCUT2D eigenvalue weighted by atomic mass is 10.4. The van der Waals surface area contributed by atoms with Gasteiger partial charge in [-0.2, -0.15) is 5.90 Å². The number of hydrogen-bond acceptors (Lipinski definition) is 7. The molecule has 88 valence electrons. The quantitative estimate of drug-likeness (QED) is 0.346. The van der Waals surface area contributed by atoms with Gasteiger partial charge in [0.2, 0.25) is 12.1 Å². The standard InChI is InChI=1S/C7H15N3O5/c1-4(14-2)10(5(11)3-8)6(12)7(13)15-9/h4,6,12H,3,8-9H2,1-2H3. The molecule has 1 amide bonds. The van der Waals surface area contributed by atoms with Gasteiger partial charge in [0, 0.05) is 7.11 Å². The van der Waals surface area contributed by atoms with Crippen molar-refractivity contribution < 1.29 is 24.3 Å². The van der Waals surface area contributed by atoms with Crippen LogP contribution < -0.4 is 11.6 Å². The van der Waals surface area contributed by atoms with Crippen molar-refractivity contribution in [3.8, 4) is 0 Å². The van der Waals surface area contributed by atoms with Gasteiger partial charge >= 0.3 is 5.97 Å². The number of amides is 1. The average Bonchev–Trinajstić information content (AvgIpc) is 2.27. The molecule has 0 spiro atoms. The van der Waals surface area contributed by atoms with Gasteiger partial charge in [0.05, 0.1) is 6.54 Å². The maximum absolute atomic E-state index is 11.3. The zero-order chi connectivity index (χ0) is 12.0. The SMILES string of the molecule is COC(C)N(C(=O)CN)C(O)C(=O)ON. The van der Waals surface area contributed by atoms with E-state index in [9.17, 15) is 14.7 Å². The monoisotopic (exact) mass is 221 g/mol. The van der Waals surface area contributed by atoms with Crippen molar-refractivity contribution in [3.63, 3.8) is 0 Å². The molecule has 0 aromatic rings. The Balaban J connectivity index is 4.77. The number of aliphatic hydroxyl groups excluding tert-OH is 1. The largest absolute Gasteiger partial charge is 0.375 e. The van der Waals surface area contributed by atoms with Crippen molar-refractivity contribution in [2.24, 2.45) is 11.6 Å². The van der Waals surface area contributed by atoms with Crippen LogP contribution in [0.5, 0.6) is 0 Å². The first kappa shape index (κ1) is 13.8. The molecule has 0 aromatic carbocycles. The topological polar surface area (TPSA) is 128 Å². The Morgan fingerprint density at radius 2 is 2.07 bits per heavy atom. The van der Waals surface area contributed by atoms with Gasteiger partial charge in [-0.3, -0.25) is 9.69 Å². The molecular weight excluding hydrogens is 206 g/mol. The molecule has 8 nitrogen and oxygen atoms in total. The normalized spacial score (nSPS) is 14.2. The fourth-order valence-corrected chi connectivity index (χ4v) is 0.931. The maximum atomic E-state index is 11.3. The Bertz CT molecular complexity index is 235. The second-order valence-corrected chi connectivity index (χ2v) is 2.65. The van der Waals surface area contributed by atoms with Gasteiger partial charge in [-0.25, -0.2) is 4.79 Å². The van der Waals surface area contributed by atoms with Crippen molar-refractivity contribution in [2.45, 2.75) is 19.4 Å². The van der Waals surface area contributed by atoms with E-state index < -0.39 is 24.3 Å². The second kappa shape index (κ2) is 6.30. The molecule has 0 aliphatic heterocycles. The zero-order valence-corrected chi connectivity index (χ0v) is 8.54. The summed E-state index contributed by atoms with van der Waals surface area (Å²) in [5, 5.41) is 9.40. The number of carbonyl (C=O) groups excluding carboxylic acids is 2. The van der Waals surface area contributed by atoms with Crippen LogP contribution in [0, 0.1) is 0 Å². The lowest BCUT2D eigenvalue weighted by Crippen LogP contribution is -2.53. The number of methoxy groups -OCH3 is 1. The number of carbonyl (C=O) groups is 2. The van der Waals surface area contributed by atoms with Gasteiger partial charge < -0.3 is 20.4 Å². The summed E-state index contributed by atoms with van der Waals surface area (Å²) in [5.74, 6) is 2.74. The molecular formula is C7H15N3O5. The van der Waals surface area contributed by atoms with Gasteiger partial charge in [-0.05, 0) is 6.92 Å². The van der Waals surface area contributed by atoms with Crippen LogP contribution in [0.15, 0.2) is 0 Å². The van der Waals surface area contributed by atoms with E-state index in [2.05, 4.69) is 10.7 Å². The molecule has 15 heavy (non-hydrogen) atoms. The number of rotatable bonds is 5. The highest BCUT2D eigenvalue weighted by molar-refractivity contribution is 5.84. The van der Waals surface area contributed by atoms with E-state index in [4.69, 9.17) is 10.5 Å². The first-order valence-electron chi connectivity index (χ1n) is 4.12. The van der Waals surface area contributed by atoms with Crippen molar-refractivity contribution in [2.75, 3.05) is 13.7 Å². The molecule has 0 fully saturated rings. The Morgan fingerprint density at radius 3 is 2.40 bits per heavy atom. The van der Waals surface area contributed by atoms with Crippen LogP contribution in [0.3, 0.4) is 0 Å². The molecule has 5 N–H and O–H groups in total. The van der Waals surface area contributed by atoms with Crippen LogP contribution in [0.4, 0.5) is 0 Å². The molecule has 0 saturated carbocycles. The Kier molecular flexibility index (Phi) is 5.79. The number of ether oxygens (including phenoxy) is 1. The molecule has 0 aromatic heterocycles. The summed E-state index contributed by atoms with van der Waals surface area (Å²) >= 11 is 0. The predicted octanol–water partition coefficient (Wildman–Crippen LogP) is -2.50. The lowest BCUT2D eigenvalue weighted by Gasteiger charge is -2.30. The van der Waals surface area contributed by atoms with Crippen LogP contribution >= 0.6 is 0 Å². The van der Waals surface area contributed by atoms with E-state index in [-0.39, 0.29) is 6.54 Å². The summed E-state index contributed by atoms with van der Waals surface area (Å²) in [6, 6.07) is 0. The third-order valence-electron chi connectivity index (χ3n) is 1.79. The summed E-state index contributed by atoms with van der Waals surface area (Å²) in [5.41, 5.74) is 5.10. The fourth-order valence-electron chi connectivity index (χ4n) is 0.931. The number of hydrogen-bond donors (Lipinski definition) is 3. The van der Waals surface area contributed by atoms with E-state index in [0.29, 0.717) is 0 Å². The molecule has 0 aliphatic rings. The highest BCUT2D eigenvalue weighted by atomic mass is 16.7. The van der Waals surface area contributed by atoms with Crippen molar-refractivity contribution in [3.05, 3.63) is 0 Å². The summed E-state index contributed by atoms with van der Waals surface area (Å²) in [6.45, 7) is 1.09. The van der Waals surface area contributed by atoms with Crippen LogP contribution in [-0.2, 0) is 19.2 Å². The highest BCUT2D eigenvalue weighted by Gasteiger charge is 2.32. The number of aliphatic hydroxyl groups is 1. The Morgan fingerprint density at radius 1 is 1.53 bits per heavy atom. The van der Waals surface area contributed by atoms with E-state index in [1.807, 2.05) is 0 Å². The minimum absolute atomic E-state index is 0.372. The third-order valence-corrected chi connectivity index (χ3v) is 1.79. The number of nitrogens with zero attached hydrogens (tertiary/aromatic N) is 1. The molecule has 2 unspecified atom stereocenters. The summed E-state index contributed by atoms with van der Waals surface area (Å²) in [6.07, 6.45) is -2.66. The van der Waals surface area contributed by atoms with E-state index in [1.165, 1.54) is 14.0 Å². The van der Waals surface area contributed by atoms with Gasteiger partial charge in [-0.1, -0.05) is 0 Å². The third kappa shape index (κ3) is 3.44. The first-order chi connectivity index (χ1) is 6.99. The predicted molar refractivity (Wildman–Crippen MR) is 48.7 cm³/mol. The van der Waals surface area contributed by atoms with Crippen molar-refractivity contribution in [1.29, 1.82) is 0 Å². The molecule has 0 saturated heterocycles. The second-order valence-electron chi connectivity index (χ2n) is 2.65. The molecule has 2 atom stereocenters. The average molecular weight is 221 g/mol. The maximum Gasteiger partial charge on any atom is 0.375 e. The minimum Gasteiger partial charge on any atom is -0.370 e. The summed E-state index contributed by atoms with van der Waals surface area (Å²) in [7, 11) is 1.31.